The van der Waals surface area contributed by atoms with Gasteiger partial charge in [0.1, 0.15) is 0 Å². The second kappa shape index (κ2) is 6.71. The van der Waals surface area contributed by atoms with E-state index in [0.717, 1.165) is 22.2 Å². The maximum Gasteiger partial charge on any atom is 0.0643 e. The standard InChI is InChI=1S/C16H21BrN4/c17-13-8-12(10-19-11-13)16(18)9-14-6-7-21(20-14)15-4-2-1-3-5-15/h6-8,10-11,15-16H,1-5,9,18H2. The molecular formula is C16H21BrN4. The van der Waals surface area contributed by atoms with Crippen LogP contribution in [0.3, 0.4) is 0 Å². The summed E-state index contributed by atoms with van der Waals surface area (Å²) in [7, 11) is 0. The summed E-state index contributed by atoms with van der Waals surface area (Å²) in [4.78, 5) is 4.17. The van der Waals surface area contributed by atoms with Gasteiger partial charge in [0.2, 0.25) is 0 Å². The minimum absolute atomic E-state index is 0.0651. The molecule has 0 amide bonds. The molecule has 1 unspecified atom stereocenters. The Balaban J connectivity index is 1.66. The molecule has 1 saturated carbocycles. The van der Waals surface area contributed by atoms with E-state index in [4.69, 9.17) is 10.8 Å². The van der Waals surface area contributed by atoms with E-state index in [1.807, 2.05) is 12.3 Å². The highest BCUT2D eigenvalue weighted by Gasteiger charge is 2.17. The number of pyridine rings is 1. The minimum atomic E-state index is -0.0651. The molecule has 21 heavy (non-hydrogen) atoms. The smallest absolute Gasteiger partial charge is 0.0643 e. The van der Waals surface area contributed by atoms with Crippen LogP contribution < -0.4 is 5.73 Å². The zero-order chi connectivity index (χ0) is 14.7. The topological polar surface area (TPSA) is 56.7 Å². The maximum absolute atomic E-state index is 6.27. The molecule has 112 valence electrons. The molecular weight excluding hydrogens is 328 g/mol. The Kier molecular flexibility index (Phi) is 4.70. The monoisotopic (exact) mass is 348 g/mol. The van der Waals surface area contributed by atoms with Gasteiger partial charge in [-0.2, -0.15) is 5.10 Å². The Labute approximate surface area is 133 Å². The summed E-state index contributed by atoms with van der Waals surface area (Å²) in [6.45, 7) is 0. The molecule has 0 aromatic carbocycles. The highest BCUT2D eigenvalue weighted by atomic mass is 79.9. The summed E-state index contributed by atoms with van der Waals surface area (Å²) < 4.78 is 3.10. The van der Waals surface area contributed by atoms with Gasteiger partial charge in [-0.25, -0.2) is 0 Å². The molecule has 1 fully saturated rings. The van der Waals surface area contributed by atoms with Crippen molar-refractivity contribution >= 4 is 15.9 Å². The van der Waals surface area contributed by atoms with E-state index < -0.39 is 0 Å². The predicted molar refractivity (Wildman–Crippen MR) is 86.9 cm³/mol. The molecule has 0 spiro atoms. The van der Waals surface area contributed by atoms with Gasteiger partial charge >= 0.3 is 0 Å². The first kappa shape index (κ1) is 14.7. The van der Waals surface area contributed by atoms with Crippen LogP contribution in [0.4, 0.5) is 0 Å². The molecule has 1 aliphatic carbocycles. The van der Waals surface area contributed by atoms with Crippen LogP contribution in [0.1, 0.15) is 55.4 Å². The van der Waals surface area contributed by atoms with E-state index in [0.29, 0.717) is 6.04 Å². The van der Waals surface area contributed by atoms with Crippen LogP contribution >= 0.6 is 15.9 Å². The van der Waals surface area contributed by atoms with Crippen molar-refractivity contribution in [1.29, 1.82) is 0 Å². The van der Waals surface area contributed by atoms with Crippen molar-refractivity contribution in [3.63, 3.8) is 0 Å². The number of rotatable bonds is 4. The number of hydrogen-bond donors (Lipinski definition) is 1. The van der Waals surface area contributed by atoms with Crippen molar-refractivity contribution in [3.8, 4) is 0 Å². The number of nitrogens with two attached hydrogens (primary N) is 1. The van der Waals surface area contributed by atoms with Crippen molar-refractivity contribution in [1.82, 2.24) is 14.8 Å². The molecule has 1 atom stereocenters. The van der Waals surface area contributed by atoms with E-state index in [9.17, 15) is 0 Å². The molecule has 0 aliphatic heterocycles. The van der Waals surface area contributed by atoms with Gasteiger partial charge in [0.05, 0.1) is 11.7 Å². The molecule has 2 heterocycles. The van der Waals surface area contributed by atoms with Crippen LogP contribution in [0, 0.1) is 0 Å². The molecule has 0 bridgehead atoms. The first-order chi connectivity index (χ1) is 10.2. The van der Waals surface area contributed by atoms with Gasteiger partial charge in [0, 0.05) is 35.5 Å². The van der Waals surface area contributed by atoms with E-state index in [1.165, 1.54) is 32.1 Å². The van der Waals surface area contributed by atoms with E-state index >= 15 is 0 Å². The third kappa shape index (κ3) is 3.71. The average molecular weight is 349 g/mol. The van der Waals surface area contributed by atoms with Gasteiger partial charge in [-0.15, -0.1) is 0 Å². The van der Waals surface area contributed by atoms with Crippen LogP contribution in [0.15, 0.2) is 35.2 Å². The Bertz CT molecular complexity index is 589. The normalized spacial score (nSPS) is 17.8. The zero-order valence-electron chi connectivity index (χ0n) is 12.1. The summed E-state index contributed by atoms with van der Waals surface area (Å²) in [5, 5.41) is 4.73. The summed E-state index contributed by atoms with van der Waals surface area (Å²) in [5.41, 5.74) is 8.38. The van der Waals surface area contributed by atoms with Crippen LogP contribution in [-0.2, 0) is 6.42 Å². The fourth-order valence-electron chi connectivity index (χ4n) is 3.01. The van der Waals surface area contributed by atoms with Crippen LogP contribution in [0.25, 0.3) is 0 Å². The van der Waals surface area contributed by atoms with Gasteiger partial charge in [0.25, 0.3) is 0 Å². The average Bonchev–Trinajstić information content (AvgIpc) is 2.97. The van der Waals surface area contributed by atoms with Gasteiger partial charge in [-0.1, -0.05) is 19.3 Å². The van der Waals surface area contributed by atoms with Gasteiger partial charge in [-0.05, 0) is 46.5 Å². The summed E-state index contributed by atoms with van der Waals surface area (Å²) in [5.74, 6) is 0. The molecule has 2 N–H and O–H groups in total. The maximum atomic E-state index is 6.27. The molecule has 4 nitrogen and oxygen atoms in total. The third-order valence-corrected chi connectivity index (χ3v) is 4.63. The second-order valence-corrected chi connectivity index (χ2v) is 6.74. The Morgan fingerprint density at radius 2 is 2.10 bits per heavy atom. The Morgan fingerprint density at radius 1 is 1.29 bits per heavy atom. The van der Waals surface area contributed by atoms with Crippen LogP contribution in [-0.4, -0.2) is 14.8 Å². The highest BCUT2D eigenvalue weighted by Crippen LogP contribution is 2.27. The van der Waals surface area contributed by atoms with E-state index in [2.05, 4.69) is 37.9 Å². The lowest BCUT2D eigenvalue weighted by Crippen LogP contribution is -2.16. The lowest BCUT2D eigenvalue weighted by atomic mass is 9.96. The number of halogens is 1. The second-order valence-electron chi connectivity index (χ2n) is 5.83. The minimum Gasteiger partial charge on any atom is -0.324 e. The molecule has 2 aromatic rings. The van der Waals surface area contributed by atoms with E-state index in [-0.39, 0.29) is 6.04 Å². The van der Waals surface area contributed by atoms with Crippen LogP contribution in [0.2, 0.25) is 0 Å². The van der Waals surface area contributed by atoms with Crippen molar-refractivity contribution in [2.45, 2.75) is 50.6 Å². The van der Waals surface area contributed by atoms with Crippen molar-refractivity contribution in [2.24, 2.45) is 5.73 Å². The summed E-state index contributed by atoms with van der Waals surface area (Å²) >= 11 is 3.43. The third-order valence-electron chi connectivity index (χ3n) is 4.20. The zero-order valence-corrected chi connectivity index (χ0v) is 13.7. The number of hydrogen-bond acceptors (Lipinski definition) is 3. The molecule has 0 radical (unpaired) electrons. The lowest BCUT2D eigenvalue weighted by Gasteiger charge is -2.21. The fraction of sp³-hybridized carbons (Fsp3) is 0.500. The first-order valence-corrected chi connectivity index (χ1v) is 8.42. The highest BCUT2D eigenvalue weighted by molar-refractivity contribution is 9.10. The van der Waals surface area contributed by atoms with Crippen molar-refractivity contribution in [3.05, 3.63) is 46.5 Å². The number of nitrogens with zero attached hydrogens (tertiary/aromatic N) is 3. The summed E-state index contributed by atoms with van der Waals surface area (Å²) in [6.07, 6.45) is 13.0. The lowest BCUT2D eigenvalue weighted by molar-refractivity contribution is 0.328. The van der Waals surface area contributed by atoms with Crippen molar-refractivity contribution < 1.29 is 0 Å². The van der Waals surface area contributed by atoms with Crippen LogP contribution in [0.5, 0.6) is 0 Å². The SMILES string of the molecule is NC(Cc1ccn(C2CCCCC2)n1)c1cncc(Br)c1. The number of aromatic nitrogens is 3. The molecule has 2 aromatic heterocycles. The van der Waals surface area contributed by atoms with Gasteiger partial charge < -0.3 is 5.73 Å². The molecule has 5 heteroatoms. The largest absolute Gasteiger partial charge is 0.324 e. The Hall–Kier alpha value is -1.20. The van der Waals surface area contributed by atoms with Gasteiger partial charge in [0.15, 0.2) is 0 Å². The molecule has 0 saturated heterocycles. The first-order valence-electron chi connectivity index (χ1n) is 7.62. The Morgan fingerprint density at radius 3 is 2.86 bits per heavy atom. The quantitative estimate of drug-likeness (QED) is 0.914. The van der Waals surface area contributed by atoms with E-state index in [1.54, 1.807) is 6.20 Å². The van der Waals surface area contributed by atoms with Gasteiger partial charge in [-0.3, -0.25) is 9.67 Å². The fourth-order valence-corrected chi connectivity index (χ4v) is 3.39. The summed E-state index contributed by atoms with van der Waals surface area (Å²) in [6, 6.07) is 4.64. The molecule has 1 aliphatic rings. The van der Waals surface area contributed by atoms with Crippen molar-refractivity contribution in [2.75, 3.05) is 0 Å². The molecule has 3 rings (SSSR count). The predicted octanol–water partition coefficient (Wildman–Crippen LogP) is 3.79.